The van der Waals surface area contributed by atoms with Gasteiger partial charge in [-0.25, -0.2) is 39.3 Å². The average molecular weight is 1250 g/mol. The smallest absolute Gasteiger partial charge is 0.793 e. The van der Waals surface area contributed by atoms with Crippen molar-refractivity contribution in [2.75, 3.05) is 30.3 Å². The van der Waals surface area contributed by atoms with E-state index in [1.807, 2.05) is 66.3 Å². The number of rotatable bonds is 9. The third-order valence-electron chi connectivity index (χ3n) is 15.4. The van der Waals surface area contributed by atoms with E-state index in [1.165, 1.54) is 56.4 Å². The molecule has 0 aromatic carbocycles. The van der Waals surface area contributed by atoms with Gasteiger partial charge in [0.15, 0.2) is 0 Å². The normalized spacial score (nSPS) is 18.1. The predicted octanol–water partition coefficient (Wildman–Crippen LogP) is 8.50. The second-order valence-corrected chi connectivity index (χ2v) is 22.1. The van der Waals surface area contributed by atoms with Crippen LogP contribution in [0.25, 0.3) is 43.9 Å². The van der Waals surface area contributed by atoms with E-state index in [0.29, 0.717) is 49.3 Å². The fourth-order valence-electron chi connectivity index (χ4n) is 11.1. The van der Waals surface area contributed by atoms with E-state index in [-0.39, 0.29) is 42.4 Å². The van der Waals surface area contributed by atoms with E-state index in [4.69, 9.17) is 24.7 Å². The zero-order valence-electron chi connectivity index (χ0n) is 50.5. The van der Waals surface area contributed by atoms with Gasteiger partial charge in [-0.2, -0.15) is 36.3 Å². The maximum atomic E-state index is 12.6. The monoisotopic (exact) mass is 1250 g/mol. The third kappa shape index (κ3) is 19.6. The largest absolute Gasteiger partial charge is 1.00 e. The summed E-state index contributed by atoms with van der Waals surface area (Å²) in [6.45, 7) is 11.1. The number of aromatic nitrogens is 10. The van der Waals surface area contributed by atoms with Crippen molar-refractivity contribution in [3.05, 3.63) is 96.1 Å². The summed E-state index contributed by atoms with van der Waals surface area (Å²) in [5.41, 5.74) is 8.43. The first-order valence-electron chi connectivity index (χ1n) is 29.0. The van der Waals surface area contributed by atoms with E-state index in [9.17, 15) is 40.7 Å². The van der Waals surface area contributed by atoms with Gasteiger partial charge < -0.3 is 42.6 Å². The van der Waals surface area contributed by atoms with E-state index in [0.717, 1.165) is 119 Å². The Hall–Kier alpha value is -7.40. The molecule has 2 aliphatic heterocycles. The number of anilines is 4. The van der Waals surface area contributed by atoms with Crippen LogP contribution < -0.4 is 45.5 Å². The molecule has 2 saturated carbocycles. The van der Waals surface area contributed by atoms with Crippen LogP contribution in [-0.2, 0) is 59.5 Å². The zero-order valence-corrected chi connectivity index (χ0v) is 52.5. The van der Waals surface area contributed by atoms with E-state index >= 15 is 0 Å². The van der Waals surface area contributed by atoms with Gasteiger partial charge in [-0.1, -0.05) is 26.0 Å². The standard InChI is InChI=1S/C27H30F3N7.C24H27N7.C4H6O4.C3H3F3O.C2H3BO2.Na/c1-17-2-5-19(6-3-17)37-23-15-31-11-8-20(23)21-14-32-26(35-25(21)37)34-24-7-4-18-16-36(12-9-22(18)33-24)13-10-27(28,29)30;1-15-2-5-17(6-3-15)31-21-14-26-10-8-18(21)19-13-27-24(30-23(19)31)29-22-7-4-16-12-25-11-9-20(16)28-22;1-3(5)7-8-4(2)6;4-3(5,6)1-2-7;1-2(4)5-3;/h4,7-8,11,14-15,17,19H,2-3,5-6,9-10,12-13,16H2,1H3,(H,32,33,34,35);4,7-8,10,13-15,17,25H,2-3,5-6,9,11-12H2,1H3,(H,27,28,29,30);1-2H3;2H,1H2;1H3;/q;;;;-1;+1. The molecule has 0 unspecified atom stereocenters. The number of pyridine rings is 4. The van der Waals surface area contributed by atoms with Crippen molar-refractivity contribution in [2.24, 2.45) is 11.8 Å². The second kappa shape index (κ2) is 31.9. The number of aldehydes is 1. The summed E-state index contributed by atoms with van der Waals surface area (Å²) in [5, 5.41) is 14.4. The second-order valence-electron chi connectivity index (χ2n) is 22.1. The molecule has 10 heterocycles. The number of hydrogen-bond acceptors (Lipinski definition) is 19. The Kier molecular flexibility index (Phi) is 24.7. The molecule has 0 saturated heterocycles. The fraction of sp³-hybridized carbons (Fsp3) is 0.467. The first kappa shape index (κ1) is 69.1. The molecule has 0 bridgehead atoms. The molecule has 89 heavy (non-hydrogen) atoms. The van der Waals surface area contributed by atoms with Crippen LogP contribution in [0, 0.1) is 11.8 Å². The Labute approximate surface area is 533 Å². The van der Waals surface area contributed by atoms with Gasteiger partial charge in [-0.05, 0) is 98.6 Å². The predicted molar refractivity (Wildman–Crippen MR) is 317 cm³/mol. The van der Waals surface area contributed by atoms with Crippen molar-refractivity contribution in [2.45, 2.75) is 149 Å². The minimum atomic E-state index is -4.32. The quantitative estimate of drug-likeness (QED) is 0.0403. The third-order valence-corrected chi connectivity index (χ3v) is 15.4. The molecule has 2 aliphatic carbocycles. The summed E-state index contributed by atoms with van der Waals surface area (Å²) in [6, 6.07) is 12.9. The number of carbonyl (C=O) groups excluding carboxylic acids is 4. The van der Waals surface area contributed by atoms with E-state index < -0.39 is 43.1 Å². The molecule has 467 valence electrons. The van der Waals surface area contributed by atoms with Crippen molar-refractivity contribution in [3.63, 3.8) is 0 Å². The van der Waals surface area contributed by atoms with E-state index in [2.05, 4.69) is 93.5 Å². The molecular weight excluding hydrogens is 1180 g/mol. The number of nitrogens with zero attached hydrogens (tertiary/aromatic N) is 11. The summed E-state index contributed by atoms with van der Waals surface area (Å²) in [7, 11) is 4.32. The molecule has 3 N–H and O–H groups in total. The molecule has 29 heteroatoms. The molecule has 21 nitrogen and oxygen atoms in total. The van der Waals surface area contributed by atoms with Gasteiger partial charge in [0.2, 0.25) is 17.9 Å². The molecule has 0 atom stereocenters. The summed E-state index contributed by atoms with van der Waals surface area (Å²) < 4.78 is 78.7. The van der Waals surface area contributed by atoms with Crippen LogP contribution >= 0.6 is 0 Å². The van der Waals surface area contributed by atoms with Crippen molar-refractivity contribution < 1.29 is 89.5 Å². The van der Waals surface area contributed by atoms with Crippen molar-refractivity contribution in [1.82, 2.24) is 59.2 Å². The Bertz CT molecular complexity index is 3700. The SMILES string of the molecule is CC(=O)OOC(C)=O.CC1CCC(n2c3cnccc3c3cnc(Nc4ccc5c(n4)CCN(CCC(F)(F)F)C5)nc32)CC1.CC1CCC(n2c3cnccc3c3cnc(Nc4ccc5c(n4)CCNC5)nc32)CC1.O=CCC(F)(F)F.[B-]OC(C)=O.[Na+]. The zero-order chi connectivity index (χ0) is 63.1. The molecule has 0 amide bonds. The Morgan fingerprint density at radius 2 is 1.11 bits per heavy atom. The average Bonchev–Trinajstić information content (AvgIpc) is 2.18. The van der Waals surface area contributed by atoms with Gasteiger partial charge in [0, 0.05) is 136 Å². The summed E-state index contributed by atoms with van der Waals surface area (Å²) >= 11 is 0. The molecule has 3 radical (unpaired) electrons. The fourth-order valence-corrected chi connectivity index (χ4v) is 11.1. The minimum absolute atomic E-state index is 0. The van der Waals surface area contributed by atoms with E-state index in [1.54, 1.807) is 0 Å². The first-order valence-corrected chi connectivity index (χ1v) is 29.0. The number of nitrogens with one attached hydrogen (secondary N) is 3. The molecule has 8 aromatic rings. The Morgan fingerprint density at radius 3 is 1.54 bits per heavy atom. The van der Waals surface area contributed by atoms with Crippen LogP contribution in [0.3, 0.4) is 0 Å². The molecule has 12 rings (SSSR count). The van der Waals surface area contributed by atoms with Gasteiger partial charge in [0.1, 0.15) is 29.2 Å². The van der Waals surface area contributed by atoms with Gasteiger partial charge in [-0.3, -0.25) is 19.7 Å². The van der Waals surface area contributed by atoms with Crippen LogP contribution in [0.4, 0.5) is 49.9 Å². The van der Waals surface area contributed by atoms with Crippen LogP contribution in [0.1, 0.15) is 133 Å². The van der Waals surface area contributed by atoms with Crippen LogP contribution in [0.2, 0.25) is 0 Å². The van der Waals surface area contributed by atoms with Crippen LogP contribution in [0.15, 0.2) is 73.6 Å². The van der Waals surface area contributed by atoms with Gasteiger partial charge >= 0.3 is 53.8 Å². The van der Waals surface area contributed by atoms with Gasteiger partial charge in [-0.15, -0.1) is 0 Å². The number of fused-ring (bicyclic) bond motifs is 8. The number of halogens is 6. The summed E-state index contributed by atoms with van der Waals surface area (Å²) in [4.78, 5) is 85.2. The topological polar surface area (TPSA) is 248 Å². The minimum Gasteiger partial charge on any atom is -0.793 e. The van der Waals surface area contributed by atoms with Crippen molar-refractivity contribution in [3.8, 4) is 0 Å². The van der Waals surface area contributed by atoms with Crippen LogP contribution in [0.5, 0.6) is 0 Å². The molecule has 2 fully saturated rings. The Morgan fingerprint density at radius 1 is 0.640 bits per heavy atom. The Balaban J connectivity index is 0.000000194. The van der Waals surface area contributed by atoms with Gasteiger partial charge in [0.05, 0.1) is 36.3 Å². The maximum absolute atomic E-state index is 12.6. The first-order chi connectivity index (χ1) is 42.1. The number of alkyl halides is 6. The number of hydrogen-bond donors (Lipinski definition) is 3. The van der Waals surface area contributed by atoms with Crippen molar-refractivity contribution in [1.29, 1.82) is 0 Å². The van der Waals surface area contributed by atoms with Crippen LogP contribution in [-0.4, -0.2) is 118 Å². The molecule has 0 spiro atoms. The molecule has 8 aromatic heterocycles. The summed E-state index contributed by atoms with van der Waals surface area (Å²) in [5.74, 6) is 2.32. The van der Waals surface area contributed by atoms with Crippen molar-refractivity contribution >= 4 is 99.6 Å². The number of carbonyl (C=O) groups is 4. The summed E-state index contributed by atoms with van der Waals surface area (Å²) in [6.07, 6.45) is 11.7. The molecular formula is C60H69BF6N14NaO7. The maximum Gasteiger partial charge on any atom is 1.00 e. The van der Waals surface area contributed by atoms with Gasteiger partial charge in [0.25, 0.3) is 0 Å². The molecule has 4 aliphatic rings.